The van der Waals surface area contributed by atoms with Crippen LogP contribution in [-0.4, -0.2) is 11.8 Å². The van der Waals surface area contributed by atoms with E-state index in [1.54, 1.807) is 24.3 Å². The zero-order valence-corrected chi connectivity index (χ0v) is 22.7. The molecule has 3 aliphatic rings. The zero-order chi connectivity index (χ0) is 25.6. The molecule has 0 heterocycles. The lowest BCUT2D eigenvalue weighted by Gasteiger charge is -2.34. The fourth-order valence-corrected chi connectivity index (χ4v) is 7.35. The highest BCUT2D eigenvalue weighted by Gasteiger charge is 2.32. The van der Waals surface area contributed by atoms with Crippen LogP contribution < -0.4 is 0 Å². The van der Waals surface area contributed by atoms with Crippen LogP contribution in [0.3, 0.4) is 0 Å². The van der Waals surface area contributed by atoms with Gasteiger partial charge in [-0.15, -0.1) is 0 Å². The maximum atomic E-state index is 13.0. The summed E-state index contributed by atoms with van der Waals surface area (Å²) in [5, 5.41) is 0. The monoisotopic (exact) mass is 500 g/mol. The molecular weight excluding hydrogens is 456 g/mol. The summed E-state index contributed by atoms with van der Waals surface area (Å²) >= 11 is 0. The summed E-state index contributed by atoms with van der Waals surface area (Å²) in [7, 11) is 0. The molecule has 3 saturated carbocycles. The first-order valence-electron chi connectivity index (χ1n) is 15.1. The third kappa shape index (κ3) is 6.19. The average Bonchev–Trinajstić information content (AvgIpc) is 2.97. The van der Waals surface area contributed by atoms with Crippen molar-refractivity contribution in [1.82, 2.24) is 0 Å². The summed E-state index contributed by atoms with van der Waals surface area (Å²) in [5.74, 6) is 0.426. The summed E-state index contributed by atoms with van der Waals surface area (Å²) < 4.78 is 6.01. The molecule has 0 bridgehead atoms. The number of benzene rings is 2. The van der Waals surface area contributed by atoms with E-state index in [-0.39, 0.29) is 0 Å². The van der Waals surface area contributed by atoms with Crippen molar-refractivity contribution in [2.75, 3.05) is 0 Å². The van der Waals surface area contributed by atoms with Crippen molar-refractivity contribution in [3.05, 3.63) is 70.3 Å². The molecule has 0 N–H and O–H groups in total. The highest BCUT2D eigenvalue weighted by molar-refractivity contribution is 6.40. The van der Waals surface area contributed by atoms with Crippen LogP contribution in [0.4, 0.5) is 0 Å². The van der Waals surface area contributed by atoms with Crippen molar-refractivity contribution >= 4 is 11.8 Å². The SMILES string of the molecule is C[C@H](OC(=O)C(=O)c1ccccc1)c1c(C2CCCCC2)cc(C2CCCCC2)cc1C1CCCCC1. The Morgan fingerprint density at radius 3 is 1.62 bits per heavy atom. The lowest BCUT2D eigenvalue weighted by Crippen LogP contribution is -2.23. The Labute approximate surface area is 223 Å². The van der Waals surface area contributed by atoms with Gasteiger partial charge in [-0.1, -0.05) is 100 Å². The van der Waals surface area contributed by atoms with Crippen LogP contribution in [-0.2, 0) is 9.53 Å². The summed E-state index contributed by atoms with van der Waals surface area (Å²) in [6.45, 7) is 2.00. The molecule has 3 nitrogen and oxygen atoms in total. The quantitative estimate of drug-likeness (QED) is 0.216. The van der Waals surface area contributed by atoms with Gasteiger partial charge in [0.1, 0.15) is 6.10 Å². The Balaban J connectivity index is 1.53. The Bertz CT molecular complexity index is 1010. The second-order valence-corrected chi connectivity index (χ2v) is 11.9. The molecule has 2 aromatic rings. The molecule has 0 aromatic heterocycles. The molecule has 0 aliphatic heterocycles. The molecule has 37 heavy (non-hydrogen) atoms. The maximum absolute atomic E-state index is 13.0. The smallest absolute Gasteiger partial charge is 0.380 e. The largest absolute Gasteiger partial charge is 0.452 e. The van der Waals surface area contributed by atoms with E-state index in [4.69, 9.17) is 4.74 Å². The molecule has 198 valence electrons. The molecule has 0 unspecified atom stereocenters. The number of carbonyl (C=O) groups is 2. The summed E-state index contributed by atoms with van der Waals surface area (Å²) in [6, 6.07) is 13.8. The maximum Gasteiger partial charge on any atom is 0.380 e. The zero-order valence-electron chi connectivity index (χ0n) is 22.7. The van der Waals surface area contributed by atoms with Crippen molar-refractivity contribution < 1.29 is 14.3 Å². The van der Waals surface area contributed by atoms with Gasteiger partial charge in [0, 0.05) is 5.56 Å². The van der Waals surface area contributed by atoms with Gasteiger partial charge in [-0.25, -0.2) is 4.79 Å². The third-order valence-electron chi connectivity index (χ3n) is 9.34. The molecule has 0 radical (unpaired) electrons. The van der Waals surface area contributed by atoms with E-state index in [1.807, 2.05) is 13.0 Å². The Morgan fingerprint density at radius 2 is 1.14 bits per heavy atom. The highest BCUT2D eigenvalue weighted by atomic mass is 16.5. The van der Waals surface area contributed by atoms with E-state index in [0.29, 0.717) is 23.3 Å². The predicted molar refractivity (Wildman–Crippen MR) is 149 cm³/mol. The molecule has 2 aromatic carbocycles. The Hall–Kier alpha value is -2.42. The second kappa shape index (κ2) is 12.4. The minimum Gasteiger partial charge on any atom is -0.452 e. The molecule has 0 spiro atoms. The summed E-state index contributed by atoms with van der Waals surface area (Å²) in [5.41, 5.74) is 6.01. The van der Waals surface area contributed by atoms with Crippen molar-refractivity contribution in [1.29, 1.82) is 0 Å². The van der Waals surface area contributed by atoms with Crippen LogP contribution in [0.25, 0.3) is 0 Å². The average molecular weight is 501 g/mol. The topological polar surface area (TPSA) is 43.4 Å². The van der Waals surface area contributed by atoms with Crippen LogP contribution >= 0.6 is 0 Å². The third-order valence-corrected chi connectivity index (χ3v) is 9.34. The van der Waals surface area contributed by atoms with E-state index in [2.05, 4.69) is 12.1 Å². The van der Waals surface area contributed by atoms with Gasteiger partial charge in [-0.3, -0.25) is 4.79 Å². The van der Waals surface area contributed by atoms with Gasteiger partial charge in [0.2, 0.25) is 0 Å². The molecule has 0 amide bonds. The number of hydrogen-bond acceptors (Lipinski definition) is 3. The minimum absolute atomic E-state index is 0.396. The first-order chi connectivity index (χ1) is 18.1. The van der Waals surface area contributed by atoms with Crippen molar-refractivity contribution in [2.45, 2.75) is 127 Å². The van der Waals surface area contributed by atoms with Gasteiger partial charge < -0.3 is 4.74 Å². The van der Waals surface area contributed by atoms with E-state index >= 15 is 0 Å². The molecule has 0 saturated heterocycles. The highest BCUT2D eigenvalue weighted by Crippen LogP contribution is 2.46. The molecule has 3 aliphatic carbocycles. The normalized spacial score (nSPS) is 20.9. The van der Waals surface area contributed by atoms with Gasteiger partial charge in [0.15, 0.2) is 0 Å². The molecule has 3 fully saturated rings. The predicted octanol–water partition coefficient (Wildman–Crippen LogP) is 9.32. The Kier molecular flexibility index (Phi) is 8.79. The number of carbonyl (C=O) groups excluding carboxylic acids is 2. The van der Waals surface area contributed by atoms with E-state index in [9.17, 15) is 9.59 Å². The number of Topliss-reactive ketones (excluding diaryl/α,β-unsaturated/α-hetero) is 1. The second-order valence-electron chi connectivity index (χ2n) is 11.9. The van der Waals surface area contributed by atoms with Crippen LogP contribution in [0.15, 0.2) is 42.5 Å². The van der Waals surface area contributed by atoms with Gasteiger partial charge in [0.05, 0.1) is 0 Å². The minimum atomic E-state index is -0.737. The van der Waals surface area contributed by atoms with Crippen LogP contribution in [0.1, 0.15) is 160 Å². The van der Waals surface area contributed by atoms with Crippen LogP contribution in [0.5, 0.6) is 0 Å². The van der Waals surface area contributed by atoms with E-state index in [0.717, 1.165) is 0 Å². The number of hydrogen-bond donors (Lipinski definition) is 0. The standard InChI is InChI=1S/C34H44O3/c1-24(37-34(36)33(35)28-20-12-5-13-21-28)32-30(26-16-8-3-9-17-26)22-29(25-14-6-2-7-15-25)23-31(32)27-18-10-4-11-19-27/h5,12-13,20-27H,2-4,6-11,14-19H2,1H3/t24-/m0/s1. The number of ketones is 1. The van der Waals surface area contributed by atoms with Gasteiger partial charge in [-0.2, -0.15) is 0 Å². The Morgan fingerprint density at radius 1 is 0.676 bits per heavy atom. The van der Waals surface area contributed by atoms with Crippen LogP contribution in [0, 0.1) is 0 Å². The first-order valence-corrected chi connectivity index (χ1v) is 15.1. The lowest BCUT2D eigenvalue weighted by atomic mass is 9.72. The van der Waals surface area contributed by atoms with E-state index < -0.39 is 17.9 Å². The lowest BCUT2D eigenvalue weighted by molar-refractivity contribution is -0.142. The molecular formula is C34H44O3. The fourth-order valence-electron chi connectivity index (χ4n) is 7.35. The summed E-state index contributed by atoms with van der Waals surface area (Å²) in [4.78, 5) is 25.9. The summed E-state index contributed by atoms with van der Waals surface area (Å²) in [6.07, 6.45) is 18.8. The van der Waals surface area contributed by atoms with Crippen LogP contribution in [0.2, 0.25) is 0 Å². The molecule has 5 rings (SSSR count). The van der Waals surface area contributed by atoms with E-state index in [1.165, 1.54) is 119 Å². The van der Waals surface area contributed by atoms with Gasteiger partial charge in [-0.05, 0) is 85.5 Å². The molecule has 1 atom stereocenters. The van der Waals surface area contributed by atoms with Crippen molar-refractivity contribution in [3.8, 4) is 0 Å². The fraction of sp³-hybridized carbons (Fsp3) is 0.588. The van der Waals surface area contributed by atoms with Crippen molar-refractivity contribution in [2.24, 2.45) is 0 Å². The number of esters is 1. The first kappa shape index (κ1) is 26.2. The van der Waals surface area contributed by atoms with Crippen molar-refractivity contribution in [3.63, 3.8) is 0 Å². The van der Waals surface area contributed by atoms with Gasteiger partial charge >= 0.3 is 5.97 Å². The molecule has 3 heteroatoms. The van der Waals surface area contributed by atoms with Gasteiger partial charge in [0.25, 0.3) is 5.78 Å². The number of ether oxygens (including phenoxy) is 1. The number of rotatable bonds is 7.